The van der Waals surface area contributed by atoms with Gasteiger partial charge in [0.25, 0.3) is 0 Å². The van der Waals surface area contributed by atoms with Crippen LogP contribution in [-0.2, 0) is 10.0 Å². The Hall–Kier alpha value is 0.200. The van der Waals surface area contributed by atoms with E-state index in [0.29, 0.717) is 13.1 Å². The van der Waals surface area contributed by atoms with Gasteiger partial charge < -0.3 is 0 Å². The van der Waals surface area contributed by atoms with E-state index < -0.39 is 10.0 Å². The van der Waals surface area contributed by atoms with Crippen molar-refractivity contribution in [2.24, 2.45) is 0 Å². The topological polar surface area (TPSA) is 37.4 Å². The van der Waals surface area contributed by atoms with E-state index in [-0.39, 0.29) is 5.21 Å². The maximum Gasteiger partial charge on any atom is 0.228 e. The molecule has 1 aliphatic heterocycles. The molecule has 0 atom stereocenters. The van der Waals surface area contributed by atoms with Crippen molar-refractivity contribution >= 4 is 21.6 Å². The van der Waals surface area contributed by atoms with E-state index in [2.05, 4.69) is 0 Å². The molecule has 1 saturated heterocycles. The first-order valence-corrected chi connectivity index (χ1v) is 6.35. The first-order valence-electron chi connectivity index (χ1n) is 4.20. The molecule has 1 heterocycles. The van der Waals surface area contributed by atoms with E-state index in [0.717, 1.165) is 25.7 Å². The predicted octanol–water partition coefficient (Wildman–Crippen LogP) is 1.39. The Morgan fingerprint density at radius 1 is 1.08 bits per heavy atom. The van der Waals surface area contributed by atoms with Gasteiger partial charge in [0.05, 0.1) is 0 Å². The Labute approximate surface area is 78.7 Å². The van der Waals surface area contributed by atoms with E-state index in [1.807, 2.05) is 0 Å². The Morgan fingerprint density at radius 3 is 2.00 bits per heavy atom. The number of hydrogen-bond acceptors (Lipinski definition) is 2. The van der Waals surface area contributed by atoms with E-state index in [4.69, 9.17) is 11.6 Å². The number of sulfonamides is 1. The Morgan fingerprint density at radius 2 is 1.58 bits per heavy atom. The van der Waals surface area contributed by atoms with Gasteiger partial charge in [0.1, 0.15) is 5.21 Å². The van der Waals surface area contributed by atoms with Crippen molar-refractivity contribution in [2.45, 2.75) is 25.7 Å². The monoisotopic (exact) mass is 211 g/mol. The van der Waals surface area contributed by atoms with Gasteiger partial charge in [-0.05, 0) is 12.8 Å². The zero-order valence-electron chi connectivity index (χ0n) is 7.00. The van der Waals surface area contributed by atoms with Gasteiger partial charge in [-0.2, -0.15) is 0 Å². The molecular formula is C7H14ClNO2S. The normalized spacial score (nSPS) is 22.1. The highest BCUT2D eigenvalue weighted by Crippen LogP contribution is 2.13. The molecule has 1 fully saturated rings. The Bertz CT molecular complexity index is 220. The summed E-state index contributed by atoms with van der Waals surface area (Å²) < 4.78 is 24.1. The third-order valence-electron chi connectivity index (χ3n) is 2.10. The highest BCUT2D eigenvalue weighted by atomic mass is 35.5. The second-order valence-electron chi connectivity index (χ2n) is 3.03. The number of nitrogens with zero attached hydrogens (tertiary/aromatic N) is 1. The van der Waals surface area contributed by atoms with Gasteiger partial charge in [-0.1, -0.05) is 12.8 Å². The summed E-state index contributed by atoms with van der Waals surface area (Å²) in [6, 6.07) is 0. The van der Waals surface area contributed by atoms with E-state index in [9.17, 15) is 8.42 Å². The minimum absolute atomic E-state index is 0.285. The van der Waals surface area contributed by atoms with Gasteiger partial charge in [0.2, 0.25) is 10.0 Å². The summed E-state index contributed by atoms with van der Waals surface area (Å²) in [5, 5.41) is -0.285. The zero-order chi connectivity index (χ0) is 9.03. The van der Waals surface area contributed by atoms with E-state index >= 15 is 0 Å². The molecule has 0 bridgehead atoms. The van der Waals surface area contributed by atoms with Crippen LogP contribution < -0.4 is 0 Å². The highest BCUT2D eigenvalue weighted by molar-refractivity contribution is 7.90. The zero-order valence-corrected chi connectivity index (χ0v) is 8.57. The molecule has 0 aliphatic carbocycles. The van der Waals surface area contributed by atoms with Crippen molar-refractivity contribution < 1.29 is 8.42 Å². The van der Waals surface area contributed by atoms with Crippen molar-refractivity contribution in [2.75, 3.05) is 18.3 Å². The number of alkyl halides is 1. The van der Waals surface area contributed by atoms with Crippen LogP contribution in [0.5, 0.6) is 0 Å². The highest BCUT2D eigenvalue weighted by Gasteiger charge is 2.21. The van der Waals surface area contributed by atoms with Gasteiger partial charge in [-0.15, -0.1) is 11.6 Å². The van der Waals surface area contributed by atoms with Crippen molar-refractivity contribution in [1.82, 2.24) is 4.31 Å². The summed E-state index contributed by atoms with van der Waals surface area (Å²) in [5.41, 5.74) is 0. The van der Waals surface area contributed by atoms with E-state index in [1.54, 1.807) is 0 Å². The molecule has 1 aliphatic rings. The molecule has 12 heavy (non-hydrogen) atoms. The molecule has 0 radical (unpaired) electrons. The summed E-state index contributed by atoms with van der Waals surface area (Å²) in [6.07, 6.45) is 4.20. The molecule has 0 aromatic carbocycles. The van der Waals surface area contributed by atoms with Crippen molar-refractivity contribution in [3.63, 3.8) is 0 Å². The number of hydrogen-bond donors (Lipinski definition) is 0. The smallest absolute Gasteiger partial charge is 0.211 e. The van der Waals surface area contributed by atoms with Crippen LogP contribution in [-0.4, -0.2) is 31.0 Å². The third kappa shape index (κ3) is 2.61. The average Bonchev–Trinajstić information content (AvgIpc) is 2.32. The van der Waals surface area contributed by atoms with Crippen molar-refractivity contribution in [1.29, 1.82) is 0 Å². The van der Waals surface area contributed by atoms with Crippen LogP contribution in [0.3, 0.4) is 0 Å². The molecule has 0 spiro atoms. The number of halogens is 1. The lowest BCUT2D eigenvalue weighted by atomic mass is 10.2. The lowest BCUT2D eigenvalue weighted by Crippen LogP contribution is -2.32. The summed E-state index contributed by atoms with van der Waals surface area (Å²) in [6.45, 7) is 1.30. The predicted molar refractivity (Wildman–Crippen MR) is 49.7 cm³/mol. The van der Waals surface area contributed by atoms with Gasteiger partial charge in [-0.25, -0.2) is 12.7 Å². The van der Waals surface area contributed by atoms with Crippen molar-refractivity contribution in [3.05, 3.63) is 0 Å². The van der Waals surface area contributed by atoms with Crippen LogP contribution in [0, 0.1) is 0 Å². The van der Waals surface area contributed by atoms with Gasteiger partial charge in [-0.3, -0.25) is 0 Å². The van der Waals surface area contributed by atoms with Crippen LogP contribution >= 0.6 is 11.6 Å². The second kappa shape index (κ2) is 4.44. The molecule has 0 aromatic rings. The summed E-state index contributed by atoms with van der Waals surface area (Å²) in [7, 11) is -3.15. The summed E-state index contributed by atoms with van der Waals surface area (Å²) in [4.78, 5) is 0. The first-order chi connectivity index (χ1) is 5.67. The Kier molecular flexibility index (Phi) is 3.80. The average molecular weight is 212 g/mol. The molecular weight excluding hydrogens is 198 g/mol. The SMILES string of the molecule is O=S(=O)(CCl)N1CCCCCC1. The Balaban J connectivity index is 2.60. The molecule has 1 rings (SSSR count). The quantitative estimate of drug-likeness (QED) is 0.648. The largest absolute Gasteiger partial charge is 0.228 e. The van der Waals surface area contributed by atoms with Crippen LogP contribution in [0.15, 0.2) is 0 Å². The number of rotatable bonds is 2. The molecule has 5 heteroatoms. The standard InChI is InChI=1S/C7H14ClNO2S/c8-7-12(10,11)9-5-3-1-2-4-6-9/h1-7H2. The summed E-state index contributed by atoms with van der Waals surface area (Å²) >= 11 is 5.35. The lowest BCUT2D eigenvalue weighted by Gasteiger charge is -2.17. The molecule has 0 aromatic heterocycles. The van der Waals surface area contributed by atoms with Gasteiger partial charge in [0, 0.05) is 13.1 Å². The summed E-state index contributed by atoms with van der Waals surface area (Å²) in [5.74, 6) is 0. The van der Waals surface area contributed by atoms with E-state index in [1.165, 1.54) is 4.31 Å². The lowest BCUT2D eigenvalue weighted by molar-refractivity contribution is 0.427. The maximum atomic E-state index is 11.3. The molecule has 72 valence electrons. The van der Waals surface area contributed by atoms with Crippen molar-refractivity contribution in [3.8, 4) is 0 Å². The van der Waals surface area contributed by atoms with Crippen LogP contribution in [0.25, 0.3) is 0 Å². The fourth-order valence-corrected chi connectivity index (χ4v) is 2.76. The van der Waals surface area contributed by atoms with Crippen LogP contribution in [0.1, 0.15) is 25.7 Å². The minimum atomic E-state index is -3.15. The van der Waals surface area contributed by atoms with Crippen LogP contribution in [0.4, 0.5) is 0 Å². The second-order valence-corrected chi connectivity index (χ2v) is 5.59. The molecule has 0 N–H and O–H groups in total. The fourth-order valence-electron chi connectivity index (χ4n) is 1.39. The minimum Gasteiger partial charge on any atom is -0.211 e. The first kappa shape index (κ1) is 10.3. The molecule has 3 nitrogen and oxygen atoms in total. The fraction of sp³-hybridized carbons (Fsp3) is 1.00. The van der Waals surface area contributed by atoms with Gasteiger partial charge >= 0.3 is 0 Å². The van der Waals surface area contributed by atoms with Gasteiger partial charge in [0.15, 0.2) is 0 Å². The third-order valence-corrected chi connectivity index (χ3v) is 4.35. The van der Waals surface area contributed by atoms with Crippen LogP contribution in [0.2, 0.25) is 0 Å². The molecule has 0 unspecified atom stereocenters. The maximum absolute atomic E-state index is 11.3. The molecule has 0 amide bonds. The molecule has 0 saturated carbocycles.